The normalized spacial score (nSPS) is 16.6. The van der Waals surface area contributed by atoms with Crippen molar-refractivity contribution in [2.24, 2.45) is 11.7 Å². The minimum absolute atomic E-state index is 0.134. The molecule has 5 heteroatoms. The smallest absolute Gasteiger partial charge is 0.263 e. The Labute approximate surface area is 99.6 Å². The largest absolute Gasteiger partial charge is 0.328 e. The van der Waals surface area contributed by atoms with Crippen molar-refractivity contribution in [1.82, 2.24) is 9.88 Å². The average molecular weight is 233 g/mol. The van der Waals surface area contributed by atoms with Gasteiger partial charge >= 0.3 is 0 Å². The average Bonchev–Trinajstić information content (AvgIpc) is 2.56. The highest BCUT2D eigenvalue weighted by Gasteiger charge is 2.40. The van der Waals surface area contributed by atoms with Crippen LogP contribution in [0.5, 0.6) is 0 Å². The third kappa shape index (κ3) is 1.72. The molecule has 1 aromatic rings. The van der Waals surface area contributed by atoms with E-state index >= 15 is 0 Å². The lowest BCUT2D eigenvalue weighted by Gasteiger charge is -2.28. The Morgan fingerprint density at radius 3 is 2.47 bits per heavy atom. The molecule has 2 amide bonds. The topological polar surface area (TPSA) is 76.3 Å². The van der Waals surface area contributed by atoms with Gasteiger partial charge in [-0.05, 0) is 12.0 Å². The van der Waals surface area contributed by atoms with E-state index in [1.54, 1.807) is 6.07 Å². The summed E-state index contributed by atoms with van der Waals surface area (Å²) < 4.78 is 0. The van der Waals surface area contributed by atoms with E-state index in [9.17, 15) is 9.59 Å². The number of nitrogens with two attached hydrogens (primary N) is 1. The number of amides is 2. The van der Waals surface area contributed by atoms with Gasteiger partial charge in [-0.25, -0.2) is 0 Å². The van der Waals surface area contributed by atoms with Gasteiger partial charge in [0.2, 0.25) is 0 Å². The van der Waals surface area contributed by atoms with Crippen LogP contribution in [-0.2, 0) is 0 Å². The Morgan fingerprint density at radius 2 is 1.94 bits per heavy atom. The highest BCUT2D eigenvalue weighted by molar-refractivity contribution is 6.21. The lowest BCUT2D eigenvalue weighted by molar-refractivity contribution is 0.0548. The minimum Gasteiger partial charge on any atom is -0.328 e. The van der Waals surface area contributed by atoms with Crippen molar-refractivity contribution in [3.05, 3.63) is 29.6 Å². The van der Waals surface area contributed by atoms with Gasteiger partial charge in [0.25, 0.3) is 11.8 Å². The summed E-state index contributed by atoms with van der Waals surface area (Å²) in [6.07, 6.45) is 2.95. The number of nitrogens with zero attached hydrogens (tertiary/aromatic N) is 2. The molecule has 1 aliphatic rings. The Balaban J connectivity index is 2.42. The zero-order chi connectivity index (χ0) is 12.6. The van der Waals surface area contributed by atoms with E-state index in [4.69, 9.17) is 5.73 Å². The Bertz CT molecular complexity index is 436. The predicted octanol–water partition coefficient (Wildman–Crippen LogP) is 0.661. The van der Waals surface area contributed by atoms with Crippen LogP contribution in [0.3, 0.4) is 0 Å². The number of hydrogen-bond donors (Lipinski definition) is 1. The number of hydrogen-bond acceptors (Lipinski definition) is 4. The van der Waals surface area contributed by atoms with E-state index in [2.05, 4.69) is 4.98 Å². The van der Waals surface area contributed by atoms with Gasteiger partial charge in [-0.15, -0.1) is 0 Å². The molecule has 0 spiro atoms. The zero-order valence-electron chi connectivity index (χ0n) is 9.88. The molecule has 0 saturated heterocycles. The van der Waals surface area contributed by atoms with E-state index in [1.807, 2.05) is 13.8 Å². The zero-order valence-corrected chi connectivity index (χ0v) is 9.88. The molecule has 90 valence electrons. The molecule has 0 bridgehead atoms. The number of imide groups is 1. The fraction of sp³-hybridized carbons (Fsp3) is 0.417. The van der Waals surface area contributed by atoms with Crippen LogP contribution in [0.4, 0.5) is 0 Å². The van der Waals surface area contributed by atoms with Crippen LogP contribution in [-0.4, -0.2) is 34.3 Å². The van der Waals surface area contributed by atoms with Gasteiger partial charge in [-0.2, -0.15) is 0 Å². The van der Waals surface area contributed by atoms with Crippen LogP contribution < -0.4 is 5.73 Å². The summed E-state index contributed by atoms with van der Waals surface area (Å²) in [5.74, 6) is -0.422. The van der Waals surface area contributed by atoms with Crippen molar-refractivity contribution in [2.75, 3.05) is 6.54 Å². The second-order valence-electron chi connectivity index (χ2n) is 4.45. The van der Waals surface area contributed by atoms with Crippen molar-refractivity contribution in [3.63, 3.8) is 0 Å². The Kier molecular flexibility index (Phi) is 2.93. The van der Waals surface area contributed by atoms with Crippen molar-refractivity contribution in [3.8, 4) is 0 Å². The maximum absolute atomic E-state index is 12.1. The molecule has 2 N–H and O–H groups in total. The Hall–Kier alpha value is -1.75. The van der Waals surface area contributed by atoms with Gasteiger partial charge in [0.15, 0.2) is 0 Å². The summed E-state index contributed by atoms with van der Waals surface area (Å²) in [5, 5.41) is 0. The van der Waals surface area contributed by atoms with Gasteiger partial charge in [0.05, 0.1) is 17.2 Å². The van der Waals surface area contributed by atoms with Gasteiger partial charge < -0.3 is 5.73 Å². The molecule has 2 heterocycles. The maximum Gasteiger partial charge on any atom is 0.263 e. The Morgan fingerprint density at radius 1 is 1.29 bits per heavy atom. The summed E-state index contributed by atoms with van der Waals surface area (Å²) >= 11 is 0. The van der Waals surface area contributed by atoms with Crippen LogP contribution in [0.2, 0.25) is 0 Å². The summed E-state index contributed by atoms with van der Waals surface area (Å²) in [6, 6.07) is 1.31. The quantitative estimate of drug-likeness (QED) is 0.778. The molecule has 1 atom stereocenters. The SMILES string of the molecule is CC(C)C(CN)N1C(=O)c2ccncc2C1=O. The predicted molar refractivity (Wildman–Crippen MR) is 62.4 cm³/mol. The molecule has 2 rings (SSSR count). The van der Waals surface area contributed by atoms with Crippen molar-refractivity contribution >= 4 is 11.8 Å². The minimum atomic E-state index is -0.290. The molecule has 0 radical (unpaired) electrons. The van der Waals surface area contributed by atoms with Crippen molar-refractivity contribution in [1.29, 1.82) is 0 Å². The number of carbonyl (C=O) groups excluding carboxylic acids is 2. The molecule has 1 aliphatic heterocycles. The third-order valence-corrected chi connectivity index (χ3v) is 3.06. The lowest BCUT2D eigenvalue weighted by Crippen LogP contribution is -2.47. The highest BCUT2D eigenvalue weighted by atomic mass is 16.2. The molecule has 0 fully saturated rings. The molecule has 0 aromatic carbocycles. The van der Waals surface area contributed by atoms with Crippen LogP contribution in [0.1, 0.15) is 34.6 Å². The van der Waals surface area contributed by atoms with Gasteiger partial charge in [0.1, 0.15) is 0 Å². The molecule has 5 nitrogen and oxygen atoms in total. The van der Waals surface area contributed by atoms with Gasteiger partial charge in [-0.1, -0.05) is 13.8 Å². The summed E-state index contributed by atoms with van der Waals surface area (Å²) in [7, 11) is 0. The van der Waals surface area contributed by atoms with E-state index < -0.39 is 0 Å². The molecule has 1 unspecified atom stereocenters. The van der Waals surface area contributed by atoms with E-state index in [1.165, 1.54) is 17.3 Å². The van der Waals surface area contributed by atoms with E-state index in [0.29, 0.717) is 11.1 Å². The second kappa shape index (κ2) is 4.25. The highest BCUT2D eigenvalue weighted by Crippen LogP contribution is 2.25. The summed E-state index contributed by atoms with van der Waals surface area (Å²) in [6.45, 7) is 4.16. The van der Waals surface area contributed by atoms with Crippen LogP contribution >= 0.6 is 0 Å². The maximum atomic E-state index is 12.1. The number of fused-ring (bicyclic) bond motifs is 1. The first-order valence-electron chi connectivity index (χ1n) is 5.60. The van der Waals surface area contributed by atoms with Crippen LogP contribution in [0.25, 0.3) is 0 Å². The monoisotopic (exact) mass is 233 g/mol. The first kappa shape index (κ1) is 11.7. The standard InChI is InChI=1S/C12H15N3O2/c1-7(2)10(5-13)15-11(16)8-3-4-14-6-9(8)12(15)17/h3-4,6-7,10H,5,13H2,1-2H3. The van der Waals surface area contributed by atoms with E-state index in [0.717, 1.165) is 0 Å². The molecule has 0 saturated carbocycles. The third-order valence-electron chi connectivity index (χ3n) is 3.06. The molecular weight excluding hydrogens is 218 g/mol. The summed E-state index contributed by atoms with van der Waals surface area (Å²) in [4.78, 5) is 29.4. The fourth-order valence-corrected chi connectivity index (χ4v) is 2.08. The first-order valence-corrected chi connectivity index (χ1v) is 5.60. The second-order valence-corrected chi connectivity index (χ2v) is 4.45. The first-order chi connectivity index (χ1) is 8.07. The number of pyridine rings is 1. The number of aromatic nitrogens is 1. The number of carbonyl (C=O) groups is 2. The van der Waals surface area contributed by atoms with E-state index in [-0.39, 0.29) is 30.3 Å². The lowest BCUT2D eigenvalue weighted by atomic mass is 10.0. The molecule has 0 aliphatic carbocycles. The van der Waals surface area contributed by atoms with Gasteiger partial charge in [0, 0.05) is 18.9 Å². The van der Waals surface area contributed by atoms with Crippen LogP contribution in [0.15, 0.2) is 18.5 Å². The number of rotatable bonds is 3. The molecular formula is C12H15N3O2. The van der Waals surface area contributed by atoms with Crippen molar-refractivity contribution < 1.29 is 9.59 Å². The summed E-state index contributed by atoms with van der Waals surface area (Å²) in [5.41, 5.74) is 6.44. The molecule has 1 aromatic heterocycles. The van der Waals surface area contributed by atoms with Gasteiger partial charge in [-0.3, -0.25) is 19.5 Å². The van der Waals surface area contributed by atoms with Crippen molar-refractivity contribution in [2.45, 2.75) is 19.9 Å². The fourth-order valence-electron chi connectivity index (χ4n) is 2.08. The van der Waals surface area contributed by atoms with Crippen LogP contribution in [0, 0.1) is 5.92 Å². The molecule has 17 heavy (non-hydrogen) atoms.